The van der Waals surface area contributed by atoms with Gasteiger partial charge in [-0.05, 0) is 35.9 Å². The van der Waals surface area contributed by atoms with Crippen LogP contribution in [0.15, 0.2) is 76.5 Å². The summed E-state index contributed by atoms with van der Waals surface area (Å²) in [5, 5.41) is 11.6. The number of carbonyl (C=O) groups is 1. The van der Waals surface area contributed by atoms with Crippen LogP contribution < -0.4 is 10.1 Å². The highest BCUT2D eigenvalue weighted by Gasteiger charge is 2.18. The molecule has 4 aromatic rings. The fourth-order valence-electron chi connectivity index (χ4n) is 2.99. The van der Waals surface area contributed by atoms with E-state index in [2.05, 4.69) is 20.3 Å². The van der Waals surface area contributed by atoms with Gasteiger partial charge in [-0.2, -0.15) is 8.78 Å². The van der Waals surface area contributed by atoms with Gasteiger partial charge in [0, 0.05) is 5.69 Å². The molecule has 33 heavy (non-hydrogen) atoms. The molecule has 1 amide bonds. The number of benzene rings is 2. The Morgan fingerprint density at radius 2 is 1.97 bits per heavy atom. The van der Waals surface area contributed by atoms with Crippen molar-refractivity contribution in [2.24, 2.45) is 0 Å². The maximum atomic E-state index is 12.5. The van der Waals surface area contributed by atoms with E-state index in [-0.39, 0.29) is 22.4 Å². The van der Waals surface area contributed by atoms with Gasteiger partial charge in [0.2, 0.25) is 11.7 Å². The number of ether oxygens (including phenoxy) is 1. The molecule has 0 unspecified atom stereocenters. The summed E-state index contributed by atoms with van der Waals surface area (Å²) in [5.74, 6) is 0.660. The van der Waals surface area contributed by atoms with Gasteiger partial charge in [0.15, 0.2) is 10.9 Å². The van der Waals surface area contributed by atoms with Gasteiger partial charge in [-0.3, -0.25) is 9.36 Å². The molecular formula is C22H17ClF2N4O3S. The Bertz CT molecular complexity index is 1220. The minimum Gasteiger partial charge on any atom is -0.461 e. The molecule has 0 aliphatic rings. The topological polar surface area (TPSA) is 82.2 Å². The third-order valence-electron chi connectivity index (χ3n) is 4.41. The summed E-state index contributed by atoms with van der Waals surface area (Å²) in [7, 11) is 0. The van der Waals surface area contributed by atoms with Gasteiger partial charge in [-0.25, -0.2) is 0 Å². The molecule has 0 bridgehead atoms. The zero-order chi connectivity index (χ0) is 23.2. The molecule has 7 nitrogen and oxygen atoms in total. The van der Waals surface area contributed by atoms with Crippen LogP contribution in [0.2, 0.25) is 5.02 Å². The normalized spacial score (nSPS) is 11.0. The molecule has 0 aliphatic carbocycles. The Kier molecular flexibility index (Phi) is 7.26. The third-order valence-corrected chi connectivity index (χ3v) is 5.67. The average Bonchev–Trinajstić information content (AvgIpc) is 3.45. The molecule has 0 saturated heterocycles. The number of carbonyl (C=O) groups excluding carboxylic acids is 1. The Morgan fingerprint density at radius 1 is 1.15 bits per heavy atom. The summed E-state index contributed by atoms with van der Waals surface area (Å²) in [6, 6.07) is 17.4. The van der Waals surface area contributed by atoms with E-state index in [0.717, 1.165) is 5.56 Å². The third kappa shape index (κ3) is 5.91. The molecule has 11 heteroatoms. The van der Waals surface area contributed by atoms with Gasteiger partial charge in [0.25, 0.3) is 0 Å². The number of nitrogens with zero attached hydrogens (tertiary/aromatic N) is 3. The molecule has 0 saturated carbocycles. The highest BCUT2D eigenvalue weighted by Crippen LogP contribution is 2.29. The van der Waals surface area contributed by atoms with E-state index < -0.39 is 6.61 Å². The van der Waals surface area contributed by atoms with Gasteiger partial charge in [-0.15, -0.1) is 10.2 Å². The lowest BCUT2D eigenvalue weighted by atomic mass is 10.2. The predicted octanol–water partition coefficient (Wildman–Crippen LogP) is 5.57. The SMILES string of the molecule is O=C(CSc1nnc(-c2ccco2)n1Cc1ccccc1)Nc1ccc(OC(F)F)c(Cl)c1. The lowest BCUT2D eigenvalue weighted by molar-refractivity contribution is -0.113. The first-order valence-electron chi connectivity index (χ1n) is 9.67. The second-order valence-electron chi connectivity index (χ2n) is 6.72. The van der Waals surface area contributed by atoms with Gasteiger partial charge < -0.3 is 14.5 Å². The summed E-state index contributed by atoms with van der Waals surface area (Å²) in [4.78, 5) is 12.5. The molecule has 2 heterocycles. The van der Waals surface area contributed by atoms with Crippen LogP contribution in [-0.4, -0.2) is 33.0 Å². The summed E-state index contributed by atoms with van der Waals surface area (Å²) in [6.07, 6.45) is 1.56. The standard InChI is InChI=1S/C22H17ClF2N4O3S/c23-16-11-15(8-9-17(16)32-21(24)25)26-19(30)13-33-22-28-27-20(18-7-4-10-31-18)29(22)12-14-5-2-1-3-6-14/h1-11,21H,12-13H2,(H,26,30). The van der Waals surface area contributed by atoms with Gasteiger partial charge >= 0.3 is 6.61 Å². The molecule has 2 aromatic heterocycles. The van der Waals surface area contributed by atoms with Crippen LogP contribution in [-0.2, 0) is 11.3 Å². The number of nitrogens with one attached hydrogen (secondary N) is 1. The zero-order valence-corrected chi connectivity index (χ0v) is 18.5. The molecule has 0 spiro atoms. The number of anilines is 1. The number of amides is 1. The Balaban J connectivity index is 1.45. The molecule has 0 aliphatic heterocycles. The van der Waals surface area contributed by atoms with Crippen LogP contribution in [0, 0.1) is 0 Å². The number of thioether (sulfide) groups is 1. The lowest BCUT2D eigenvalue weighted by Crippen LogP contribution is -2.15. The molecule has 170 valence electrons. The van der Waals surface area contributed by atoms with E-state index >= 15 is 0 Å². The smallest absolute Gasteiger partial charge is 0.387 e. The van der Waals surface area contributed by atoms with Crippen LogP contribution in [0.25, 0.3) is 11.6 Å². The second-order valence-corrected chi connectivity index (χ2v) is 8.07. The monoisotopic (exact) mass is 490 g/mol. The van der Waals surface area contributed by atoms with Crippen molar-refractivity contribution < 1.29 is 22.7 Å². The number of alkyl halides is 2. The van der Waals surface area contributed by atoms with Crippen molar-refractivity contribution in [3.63, 3.8) is 0 Å². The first-order valence-corrected chi connectivity index (χ1v) is 11.0. The number of furan rings is 1. The summed E-state index contributed by atoms with van der Waals surface area (Å²) < 4.78 is 36.4. The van der Waals surface area contributed by atoms with E-state index in [1.807, 2.05) is 34.9 Å². The van der Waals surface area contributed by atoms with Crippen molar-refractivity contribution in [1.29, 1.82) is 0 Å². The number of aromatic nitrogens is 3. The minimum atomic E-state index is -2.99. The summed E-state index contributed by atoms with van der Waals surface area (Å²) in [5.41, 5.74) is 1.39. The van der Waals surface area contributed by atoms with Crippen molar-refractivity contribution in [3.05, 3.63) is 77.5 Å². The maximum absolute atomic E-state index is 12.5. The van der Waals surface area contributed by atoms with E-state index in [4.69, 9.17) is 16.0 Å². The molecule has 0 atom stereocenters. The highest BCUT2D eigenvalue weighted by atomic mass is 35.5. The van der Waals surface area contributed by atoms with Crippen LogP contribution >= 0.6 is 23.4 Å². The first kappa shape index (κ1) is 22.8. The van der Waals surface area contributed by atoms with Gasteiger partial charge in [0.05, 0.1) is 23.6 Å². The molecule has 4 rings (SSSR count). The number of rotatable bonds is 9. The summed E-state index contributed by atoms with van der Waals surface area (Å²) >= 11 is 7.14. The average molecular weight is 491 g/mol. The first-order chi connectivity index (χ1) is 16.0. The van der Waals surface area contributed by atoms with Crippen molar-refractivity contribution in [3.8, 4) is 17.3 Å². The van der Waals surface area contributed by atoms with Gasteiger partial charge in [0.1, 0.15) is 5.75 Å². The minimum absolute atomic E-state index is 0.0357. The van der Waals surface area contributed by atoms with Gasteiger partial charge in [-0.1, -0.05) is 53.7 Å². The fraction of sp³-hybridized carbons (Fsp3) is 0.136. The maximum Gasteiger partial charge on any atom is 0.387 e. The highest BCUT2D eigenvalue weighted by molar-refractivity contribution is 7.99. The van der Waals surface area contributed by atoms with Crippen molar-refractivity contribution in [2.45, 2.75) is 18.3 Å². The largest absolute Gasteiger partial charge is 0.461 e. The van der Waals surface area contributed by atoms with Crippen molar-refractivity contribution in [2.75, 3.05) is 11.1 Å². The van der Waals surface area contributed by atoms with Crippen LogP contribution in [0.5, 0.6) is 5.75 Å². The van der Waals surface area contributed by atoms with Crippen molar-refractivity contribution in [1.82, 2.24) is 14.8 Å². The van der Waals surface area contributed by atoms with Crippen molar-refractivity contribution >= 4 is 35.0 Å². The van der Waals surface area contributed by atoms with E-state index in [9.17, 15) is 13.6 Å². The molecular weight excluding hydrogens is 474 g/mol. The van der Waals surface area contributed by atoms with E-state index in [1.54, 1.807) is 18.4 Å². The number of hydrogen-bond donors (Lipinski definition) is 1. The van der Waals surface area contributed by atoms with Crippen LogP contribution in [0.4, 0.5) is 14.5 Å². The Hall–Kier alpha value is -3.37. The van der Waals surface area contributed by atoms with Crippen LogP contribution in [0.3, 0.4) is 0 Å². The fourth-order valence-corrected chi connectivity index (χ4v) is 3.95. The zero-order valence-electron chi connectivity index (χ0n) is 17.0. The van der Waals surface area contributed by atoms with E-state index in [0.29, 0.717) is 29.0 Å². The number of halogens is 3. The molecule has 2 aromatic carbocycles. The Labute approximate surface area is 196 Å². The summed E-state index contributed by atoms with van der Waals surface area (Å²) in [6.45, 7) is -2.49. The van der Waals surface area contributed by atoms with Crippen LogP contribution in [0.1, 0.15) is 5.56 Å². The van der Waals surface area contributed by atoms with E-state index in [1.165, 1.54) is 30.0 Å². The quantitative estimate of drug-likeness (QED) is 0.309. The molecule has 0 radical (unpaired) electrons. The second kappa shape index (κ2) is 10.5. The number of hydrogen-bond acceptors (Lipinski definition) is 6. The molecule has 0 fully saturated rings. The lowest BCUT2D eigenvalue weighted by Gasteiger charge is -2.11. The molecule has 1 N–H and O–H groups in total. The Morgan fingerprint density at radius 3 is 2.67 bits per heavy atom. The predicted molar refractivity (Wildman–Crippen MR) is 121 cm³/mol.